The molecule has 1 aliphatic rings. The van der Waals surface area contributed by atoms with Gasteiger partial charge in [-0.1, -0.05) is 11.6 Å². The number of anilines is 1. The van der Waals surface area contributed by atoms with Crippen LogP contribution in [0.5, 0.6) is 0 Å². The van der Waals surface area contributed by atoms with Crippen molar-refractivity contribution in [3.63, 3.8) is 0 Å². The van der Waals surface area contributed by atoms with Crippen LogP contribution in [0.1, 0.15) is 13.3 Å². The van der Waals surface area contributed by atoms with Gasteiger partial charge in [-0.05, 0) is 26.0 Å². The average molecular weight is 226 g/mol. The van der Waals surface area contributed by atoms with Gasteiger partial charge in [0.15, 0.2) is 0 Å². The zero-order chi connectivity index (χ0) is 10.7. The second kappa shape index (κ2) is 4.81. The lowest BCUT2D eigenvalue weighted by Crippen LogP contribution is -2.36. The molecule has 1 aromatic rings. The highest BCUT2D eigenvalue weighted by Gasteiger charge is 2.22. The Morgan fingerprint density at radius 2 is 2.53 bits per heavy atom. The van der Waals surface area contributed by atoms with Gasteiger partial charge in [0.2, 0.25) is 0 Å². The molecule has 1 fully saturated rings. The summed E-state index contributed by atoms with van der Waals surface area (Å²) in [7, 11) is 0. The van der Waals surface area contributed by atoms with Crippen molar-refractivity contribution in [3.8, 4) is 0 Å². The van der Waals surface area contributed by atoms with Crippen LogP contribution in [-0.4, -0.2) is 30.7 Å². The van der Waals surface area contributed by atoms with Crippen LogP contribution in [-0.2, 0) is 0 Å². The summed E-state index contributed by atoms with van der Waals surface area (Å²) in [4.78, 5) is 6.37. The Kier molecular flexibility index (Phi) is 3.44. The van der Waals surface area contributed by atoms with E-state index in [0.29, 0.717) is 6.04 Å². The van der Waals surface area contributed by atoms with Gasteiger partial charge in [0.05, 0.1) is 10.7 Å². The van der Waals surface area contributed by atoms with E-state index in [1.54, 1.807) is 12.4 Å². The van der Waals surface area contributed by atoms with Crippen LogP contribution in [0.4, 0.5) is 5.69 Å². The second-order valence-electron chi connectivity index (χ2n) is 3.76. The molecule has 0 aromatic carbocycles. The first-order chi connectivity index (χ1) is 7.33. The second-order valence-corrected chi connectivity index (χ2v) is 4.17. The van der Waals surface area contributed by atoms with Crippen molar-refractivity contribution in [3.05, 3.63) is 23.5 Å². The van der Waals surface area contributed by atoms with E-state index in [0.717, 1.165) is 30.3 Å². The minimum absolute atomic E-state index is 0.565. The zero-order valence-corrected chi connectivity index (χ0v) is 9.67. The molecule has 1 aromatic heterocycles. The van der Waals surface area contributed by atoms with Gasteiger partial charge in [-0.15, -0.1) is 0 Å². The molecule has 1 unspecified atom stereocenters. The number of nitrogens with one attached hydrogen (secondary N) is 1. The molecule has 0 spiro atoms. The van der Waals surface area contributed by atoms with Crippen LogP contribution < -0.4 is 10.2 Å². The first-order valence-corrected chi connectivity index (χ1v) is 5.77. The van der Waals surface area contributed by atoms with E-state index in [-0.39, 0.29) is 0 Å². The van der Waals surface area contributed by atoms with E-state index < -0.39 is 0 Å². The van der Waals surface area contributed by atoms with Crippen molar-refractivity contribution in [2.75, 3.05) is 24.5 Å². The number of hydrogen-bond acceptors (Lipinski definition) is 3. The maximum absolute atomic E-state index is 6.15. The Morgan fingerprint density at radius 1 is 1.67 bits per heavy atom. The molecular formula is C11H16ClN3. The molecule has 0 saturated carbocycles. The molecule has 0 aliphatic carbocycles. The third kappa shape index (κ3) is 2.24. The minimum atomic E-state index is 0.565. The summed E-state index contributed by atoms with van der Waals surface area (Å²) in [6, 6.07) is 2.55. The van der Waals surface area contributed by atoms with Gasteiger partial charge in [-0.2, -0.15) is 0 Å². The monoisotopic (exact) mass is 225 g/mol. The van der Waals surface area contributed by atoms with Crippen LogP contribution in [0.25, 0.3) is 0 Å². The number of aromatic nitrogens is 1. The zero-order valence-electron chi connectivity index (χ0n) is 8.91. The fourth-order valence-corrected chi connectivity index (χ4v) is 2.36. The summed E-state index contributed by atoms with van der Waals surface area (Å²) in [6.45, 7) is 5.29. The minimum Gasteiger partial charge on any atom is -0.366 e. The number of hydrogen-bond donors (Lipinski definition) is 1. The van der Waals surface area contributed by atoms with E-state index in [9.17, 15) is 0 Å². The fraction of sp³-hybridized carbons (Fsp3) is 0.545. The normalized spacial score (nSPS) is 20.5. The molecule has 82 valence electrons. The first kappa shape index (κ1) is 10.7. The predicted molar refractivity (Wildman–Crippen MR) is 63.5 cm³/mol. The molecule has 0 amide bonds. The van der Waals surface area contributed by atoms with Crippen molar-refractivity contribution in [2.45, 2.75) is 19.4 Å². The molecule has 1 N–H and O–H groups in total. The molecule has 0 bridgehead atoms. The molecule has 1 saturated heterocycles. The van der Waals surface area contributed by atoms with Crippen molar-refractivity contribution in [2.24, 2.45) is 0 Å². The Balaban J connectivity index is 2.22. The summed E-state index contributed by atoms with van der Waals surface area (Å²) in [5.74, 6) is 0. The third-order valence-corrected chi connectivity index (χ3v) is 3.17. The van der Waals surface area contributed by atoms with Gasteiger partial charge in [0.1, 0.15) is 0 Å². The summed E-state index contributed by atoms with van der Waals surface area (Å²) in [6.07, 6.45) is 4.70. The maximum atomic E-state index is 6.15. The molecule has 1 aliphatic heterocycles. The molecule has 0 radical (unpaired) electrons. The van der Waals surface area contributed by atoms with Crippen molar-refractivity contribution in [1.29, 1.82) is 0 Å². The largest absolute Gasteiger partial charge is 0.366 e. The Labute approximate surface area is 95.4 Å². The molecule has 4 heteroatoms. The highest BCUT2D eigenvalue weighted by molar-refractivity contribution is 6.33. The Bertz CT molecular complexity index is 323. The van der Waals surface area contributed by atoms with E-state index in [1.165, 1.54) is 6.42 Å². The summed E-state index contributed by atoms with van der Waals surface area (Å²) >= 11 is 6.15. The standard InChI is InChI=1S/C11H16ClN3/c1-2-15(9-3-5-13-7-9)11-4-6-14-8-10(11)12/h4,6,8-9,13H,2-3,5,7H2,1H3. The van der Waals surface area contributed by atoms with Crippen molar-refractivity contribution in [1.82, 2.24) is 10.3 Å². The predicted octanol–water partition coefficient (Wildman–Crippen LogP) is 1.92. The van der Waals surface area contributed by atoms with Crippen LogP contribution in [0.3, 0.4) is 0 Å². The Morgan fingerprint density at radius 3 is 3.13 bits per heavy atom. The lowest BCUT2D eigenvalue weighted by atomic mass is 10.2. The number of likely N-dealkylation sites (N-methyl/N-ethyl adjacent to an activating group) is 1. The highest BCUT2D eigenvalue weighted by Crippen LogP contribution is 2.27. The molecule has 2 heterocycles. The van der Waals surface area contributed by atoms with Crippen molar-refractivity contribution >= 4 is 17.3 Å². The first-order valence-electron chi connectivity index (χ1n) is 5.39. The molecule has 2 rings (SSSR count). The SMILES string of the molecule is CCN(c1ccncc1Cl)C1CCNC1. The Hall–Kier alpha value is -0.800. The number of halogens is 1. The lowest BCUT2D eigenvalue weighted by molar-refractivity contribution is 0.648. The molecular weight excluding hydrogens is 210 g/mol. The number of pyridine rings is 1. The van der Waals surface area contributed by atoms with Gasteiger partial charge in [-0.25, -0.2) is 0 Å². The molecule has 15 heavy (non-hydrogen) atoms. The van der Waals surface area contributed by atoms with Gasteiger partial charge in [0, 0.05) is 31.5 Å². The van der Waals surface area contributed by atoms with Crippen LogP contribution in [0.2, 0.25) is 5.02 Å². The van der Waals surface area contributed by atoms with E-state index in [4.69, 9.17) is 11.6 Å². The van der Waals surface area contributed by atoms with E-state index in [2.05, 4.69) is 22.1 Å². The van der Waals surface area contributed by atoms with Gasteiger partial charge >= 0.3 is 0 Å². The smallest absolute Gasteiger partial charge is 0.0822 e. The molecule has 1 atom stereocenters. The maximum Gasteiger partial charge on any atom is 0.0822 e. The number of nitrogens with zero attached hydrogens (tertiary/aromatic N) is 2. The van der Waals surface area contributed by atoms with Crippen molar-refractivity contribution < 1.29 is 0 Å². The third-order valence-electron chi connectivity index (χ3n) is 2.88. The van der Waals surface area contributed by atoms with Gasteiger partial charge < -0.3 is 10.2 Å². The van der Waals surface area contributed by atoms with Crippen LogP contribution >= 0.6 is 11.6 Å². The average Bonchev–Trinajstić information content (AvgIpc) is 2.75. The summed E-state index contributed by atoms with van der Waals surface area (Å²) < 4.78 is 0. The summed E-state index contributed by atoms with van der Waals surface area (Å²) in [5, 5.41) is 4.12. The van der Waals surface area contributed by atoms with E-state index >= 15 is 0 Å². The fourth-order valence-electron chi connectivity index (χ4n) is 2.13. The number of rotatable bonds is 3. The quantitative estimate of drug-likeness (QED) is 0.852. The van der Waals surface area contributed by atoms with Gasteiger partial charge in [-0.3, -0.25) is 4.98 Å². The van der Waals surface area contributed by atoms with Crippen LogP contribution in [0, 0.1) is 0 Å². The summed E-state index contributed by atoms with van der Waals surface area (Å²) in [5.41, 5.74) is 1.10. The van der Waals surface area contributed by atoms with Crippen LogP contribution in [0.15, 0.2) is 18.5 Å². The highest BCUT2D eigenvalue weighted by atomic mass is 35.5. The topological polar surface area (TPSA) is 28.2 Å². The lowest BCUT2D eigenvalue weighted by Gasteiger charge is -2.29. The van der Waals surface area contributed by atoms with Gasteiger partial charge in [0.25, 0.3) is 0 Å². The van der Waals surface area contributed by atoms with E-state index in [1.807, 2.05) is 6.07 Å². The molecule has 3 nitrogen and oxygen atoms in total.